The summed E-state index contributed by atoms with van der Waals surface area (Å²) in [4.78, 5) is 45.0. The van der Waals surface area contributed by atoms with Crippen molar-refractivity contribution in [3.8, 4) is 5.75 Å². The third-order valence-corrected chi connectivity index (χ3v) is 6.33. The van der Waals surface area contributed by atoms with Crippen LogP contribution in [0.5, 0.6) is 5.75 Å². The first kappa shape index (κ1) is 27.8. The standard InChI is InChI=1S/C26H39NO7/c1-8-32-23(29)22(24(30)33-9-2)21(18-11-13-19(31-7)14-12-18)20(17-28)34-27-25(3,4)15-10-16-26(27,5)6/h11-14,17,20-22H,8-10,15-16H2,1-7H3/t20-,21-/m1/s1. The van der Waals surface area contributed by atoms with Crippen LogP contribution in [0.3, 0.4) is 0 Å². The van der Waals surface area contributed by atoms with Crippen LogP contribution in [0, 0.1) is 5.92 Å². The maximum Gasteiger partial charge on any atom is 0.321 e. The van der Waals surface area contributed by atoms with Crippen LogP contribution in [0.1, 0.15) is 72.3 Å². The maximum atomic E-state index is 13.0. The molecular formula is C26H39NO7. The number of nitrogens with zero attached hydrogens (tertiary/aromatic N) is 1. The Hall–Kier alpha value is -2.45. The predicted molar refractivity (Wildman–Crippen MR) is 127 cm³/mol. The average Bonchev–Trinajstić information content (AvgIpc) is 2.77. The highest BCUT2D eigenvalue weighted by molar-refractivity contribution is 5.96. The van der Waals surface area contributed by atoms with E-state index in [1.54, 1.807) is 45.2 Å². The summed E-state index contributed by atoms with van der Waals surface area (Å²) in [7, 11) is 1.55. The minimum atomic E-state index is -1.38. The molecule has 1 aliphatic heterocycles. The van der Waals surface area contributed by atoms with Gasteiger partial charge in [0.1, 0.15) is 11.9 Å². The van der Waals surface area contributed by atoms with Crippen LogP contribution in [0.2, 0.25) is 0 Å². The fraction of sp³-hybridized carbons (Fsp3) is 0.654. The molecule has 0 spiro atoms. The molecule has 0 aromatic heterocycles. The first-order chi connectivity index (χ1) is 16.0. The van der Waals surface area contributed by atoms with Gasteiger partial charge in [0.2, 0.25) is 0 Å². The number of hydrogen-bond acceptors (Lipinski definition) is 8. The lowest BCUT2D eigenvalue weighted by Crippen LogP contribution is -2.60. The Kier molecular flexibility index (Phi) is 9.64. The maximum absolute atomic E-state index is 13.0. The number of rotatable bonds is 11. The van der Waals surface area contributed by atoms with E-state index < -0.39 is 29.9 Å². The van der Waals surface area contributed by atoms with Crippen molar-refractivity contribution in [2.75, 3.05) is 20.3 Å². The molecule has 1 saturated heterocycles. The molecule has 8 nitrogen and oxygen atoms in total. The quantitative estimate of drug-likeness (QED) is 0.268. The van der Waals surface area contributed by atoms with Gasteiger partial charge in [-0.3, -0.25) is 14.4 Å². The van der Waals surface area contributed by atoms with Gasteiger partial charge in [-0.1, -0.05) is 12.1 Å². The van der Waals surface area contributed by atoms with Crippen LogP contribution < -0.4 is 4.74 Å². The third kappa shape index (κ3) is 6.36. The molecule has 0 unspecified atom stereocenters. The van der Waals surface area contributed by atoms with Gasteiger partial charge in [0.25, 0.3) is 0 Å². The second kappa shape index (κ2) is 11.8. The summed E-state index contributed by atoms with van der Waals surface area (Å²) in [6.07, 6.45) is 2.31. The summed E-state index contributed by atoms with van der Waals surface area (Å²) in [5, 5.41) is 1.85. The molecule has 0 saturated carbocycles. The molecular weight excluding hydrogens is 438 g/mol. The fourth-order valence-electron chi connectivity index (χ4n) is 4.81. The Morgan fingerprint density at radius 3 is 1.88 bits per heavy atom. The van der Waals surface area contributed by atoms with E-state index in [9.17, 15) is 14.4 Å². The molecule has 0 amide bonds. The normalized spacial score (nSPS) is 19.2. The summed E-state index contributed by atoms with van der Waals surface area (Å²) < 4.78 is 15.7. The number of carbonyl (C=O) groups excluding carboxylic acids is 3. The monoisotopic (exact) mass is 477 g/mol. The molecule has 1 aromatic carbocycles. The first-order valence-electron chi connectivity index (χ1n) is 11.9. The van der Waals surface area contributed by atoms with Crippen LogP contribution in [-0.4, -0.2) is 60.8 Å². The number of hydroxylamine groups is 2. The van der Waals surface area contributed by atoms with Crippen molar-refractivity contribution in [3.63, 3.8) is 0 Å². The molecule has 1 fully saturated rings. The predicted octanol–water partition coefficient (Wildman–Crippen LogP) is 4.06. The smallest absolute Gasteiger partial charge is 0.321 e. The molecule has 1 heterocycles. The summed E-state index contributed by atoms with van der Waals surface area (Å²) in [6, 6.07) is 6.88. The Labute approximate surface area is 202 Å². The van der Waals surface area contributed by atoms with Gasteiger partial charge in [-0.15, -0.1) is 0 Å². The highest BCUT2D eigenvalue weighted by Crippen LogP contribution is 2.41. The number of aldehydes is 1. The van der Waals surface area contributed by atoms with E-state index in [0.717, 1.165) is 19.3 Å². The van der Waals surface area contributed by atoms with Crippen LogP contribution >= 0.6 is 0 Å². The summed E-state index contributed by atoms with van der Waals surface area (Å²) >= 11 is 0. The summed E-state index contributed by atoms with van der Waals surface area (Å²) in [5.74, 6) is -3.24. The Morgan fingerprint density at radius 2 is 1.47 bits per heavy atom. The molecule has 2 rings (SSSR count). The minimum absolute atomic E-state index is 0.0862. The molecule has 0 radical (unpaired) electrons. The molecule has 0 N–H and O–H groups in total. The zero-order valence-electron chi connectivity index (χ0n) is 21.5. The Bertz CT molecular complexity index is 800. The number of ether oxygens (including phenoxy) is 3. The zero-order chi connectivity index (χ0) is 25.5. The molecule has 8 heteroatoms. The van der Waals surface area contributed by atoms with Gasteiger partial charge < -0.3 is 19.0 Å². The molecule has 1 aromatic rings. The molecule has 0 bridgehead atoms. The number of carbonyl (C=O) groups is 3. The second-order valence-electron chi connectivity index (χ2n) is 9.76. The van der Waals surface area contributed by atoms with Crippen molar-refractivity contribution in [2.45, 2.75) is 83.9 Å². The Morgan fingerprint density at radius 1 is 0.971 bits per heavy atom. The average molecular weight is 478 g/mol. The number of piperidine rings is 1. The molecule has 1 aliphatic rings. The van der Waals surface area contributed by atoms with Crippen LogP contribution in [0.4, 0.5) is 0 Å². The highest BCUT2D eigenvalue weighted by atomic mass is 16.7. The van der Waals surface area contributed by atoms with E-state index in [1.165, 1.54) is 0 Å². The van der Waals surface area contributed by atoms with Crippen molar-refractivity contribution in [2.24, 2.45) is 5.92 Å². The Balaban J connectivity index is 2.59. The van der Waals surface area contributed by atoms with Gasteiger partial charge in [-0.05, 0) is 78.5 Å². The molecule has 2 atom stereocenters. The SMILES string of the molecule is CCOC(=O)C(C(=O)OCC)[C@H](c1ccc(OC)cc1)[C@@H](C=O)ON1C(C)(C)CCCC1(C)C. The second-order valence-corrected chi connectivity index (χ2v) is 9.76. The highest BCUT2D eigenvalue weighted by Gasteiger charge is 2.48. The van der Waals surface area contributed by atoms with E-state index in [4.69, 9.17) is 19.0 Å². The lowest BCUT2D eigenvalue weighted by molar-refractivity contribution is -0.300. The van der Waals surface area contributed by atoms with Crippen LogP contribution in [-0.2, 0) is 28.7 Å². The first-order valence-corrected chi connectivity index (χ1v) is 11.9. The lowest BCUT2D eigenvalue weighted by Gasteiger charge is -2.52. The largest absolute Gasteiger partial charge is 0.497 e. The van der Waals surface area contributed by atoms with Crippen molar-refractivity contribution in [3.05, 3.63) is 29.8 Å². The van der Waals surface area contributed by atoms with Crippen LogP contribution in [0.15, 0.2) is 24.3 Å². The van der Waals surface area contributed by atoms with Gasteiger partial charge in [0.15, 0.2) is 12.2 Å². The van der Waals surface area contributed by atoms with E-state index in [-0.39, 0.29) is 24.3 Å². The number of benzene rings is 1. The lowest BCUT2D eigenvalue weighted by atomic mass is 9.81. The van der Waals surface area contributed by atoms with Gasteiger partial charge in [-0.2, -0.15) is 5.06 Å². The van der Waals surface area contributed by atoms with Crippen molar-refractivity contribution >= 4 is 18.2 Å². The third-order valence-electron chi connectivity index (χ3n) is 6.33. The van der Waals surface area contributed by atoms with Crippen molar-refractivity contribution in [1.29, 1.82) is 0 Å². The minimum Gasteiger partial charge on any atom is -0.497 e. The van der Waals surface area contributed by atoms with Crippen LogP contribution in [0.25, 0.3) is 0 Å². The van der Waals surface area contributed by atoms with E-state index in [0.29, 0.717) is 17.6 Å². The van der Waals surface area contributed by atoms with Crippen molar-refractivity contribution in [1.82, 2.24) is 5.06 Å². The van der Waals surface area contributed by atoms with E-state index >= 15 is 0 Å². The summed E-state index contributed by atoms with van der Waals surface area (Å²) in [5.41, 5.74) is -0.134. The van der Waals surface area contributed by atoms with Gasteiger partial charge in [-0.25, -0.2) is 0 Å². The molecule has 0 aliphatic carbocycles. The zero-order valence-corrected chi connectivity index (χ0v) is 21.5. The molecule has 34 heavy (non-hydrogen) atoms. The van der Waals surface area contributed by atoms with Crippen molar-refractivity contribution < 1.29 is 33.4 Å². The number of hydrogen-bond donors (Lipinski definition) is 0. The number of esters is 2. The topological polar surface area (TPSA) is 91.4 Å². The van der Waals surface area contributed by atoms with Gasteiger partial charge >= 0.3 is 11.9 Å². The summed E-state index contributed by atoms with van der Waals surface area (Å²) in [6.45, 7) is 11.7. The fourth-order valence-corrected chi connectivity index (χ4v) is 4.81. The van der Waals surface area contributed by atoms with E-state index in [2.05, 4.69) is 27.7 Å². The molecule has 190 valence electrons. The van der Waals surface area contributed by atoms with Gasteiger partial charge in [0, 0.05) is 17.0 Å². The number of methoxy groups -OCH3 is 1. The van der Waals surface area contributed by atoms with E-state index in [1.807, 2.05) is 5.06 Å². The van der Waals surface area contributed by atoms with Gasteiger partial charge in [0.05, 0.1) is 20.3 Å².